The lowest BCUT2D eigenvalue weighted by atomic mass is 9.87. The summed E-state index contributed by atoms with van der Waals surface area (Å²) in [5.41, 5.74) is -0.491. The van der Waals surface area contributed by atoms with Crippen LogP contribution < -0.4 is 0 Å². The molecule has 2 nitrogen and oxygen atoms in total. The molecule has 4 heteroatoms. The van der Waals surface area contributed by atoms with E-state index in [2.05, 4.69) is 15.9 Å². The molecule has 1 heterocycles. The molecule has 1 fully saturated rings. The van der Waals surface area contributed by atoms with Crippen molar-refractivity contribution >= 4 is 33.0 Å². The van der Waals surface area contributed by atoms with Gasteiger partial charge in [-0.25, -0.2) is 0 Å². The van der Waals surface area contributed by atoms with Gasteiger partial charge in [0.1, 0.15) is 5.60 Å². The Kier molecular flexibility index (Phi) is 3.82. The third-order valence-corrected chi connectivity index (χ3v) is 4.92. The lowest BCUT2D eigenvalue weighted by Crippen LogP contribution is -2.38. The van der Waals surface area contributed by atoms with Crippen molar-refractivity contribution in [3.05, 3.63) is 20.8 Å². The molecule has 0 spiro atoms. The Labute approximate surface area is 108 Å². The molecule has 1 aromatic heterocycles. The van der Waals surface area contributed by atoms with E-state index in [1.807, 2.05) is 10.8 Å². The maximum Gasteiger partial charge on any atom is 0.196 e. The molecule has 0 amide bonds. The number of hydrogen-bond acceptors (Lipinski definition) is 3. The zero-order chi connectivity index (χ0) is 11.6. The molecular weight excluding hydrogens is 288 g/mol. The van der Waals surface area contributed by atoms with E-state index in [-0.39, 0.29) is 5.78 Å². The Balaban J connectivity index is 2.22. The van der Waals surface area contributed by atoms with E-state index >= 15 is 0 Å². The molecule has 1 aromatic rings. The van der Waals surface area contributed by atoms with Gasteiger partial charge in [-0.1, -0.05) is 25.7 Å². The van der Waals surface area contributed by atoms with Gasteiger partial charge in [0.2, 0.25) is 0 Å². The second kappa shape index (κ2) is 4.98. The van der Waals surface area contributed by atoms with E-state index in [4.69, 9.17) is 0 Å². The highest BCUT2D eigenvalue weighted by molar-refractivity contribution is 9.10. The quantitative estimate of drug-likeness (QED) is 0.667. The molecule has 1 N–H and O–H groups in total. The Morgan fingerprint density at radius 2 is 1.88 bits per heavy atom. The highest BCUT2D eigenvalue weighted by atomic mass is 79.9. The van der Waals surface area contributed by atoms with Crippen LogP contribution in [0, 0.1) is 0 Å². The summed E-state index contributed by atoms with van der Waals surface area (Å²) in [5, 5.41) is 14.1. The van der Waals surface area contributed by atoms with Crippen LogP contribution in [0.5, 0.6) is 0 Å². The highest BCUT2D eigenvalue weighted by Crippen LogP contribution is 2.33. The maximum atomic E-state index is 12.3. The summed E-state index contributed by atoms with van der Waals surface area (Å²) in [6.07, 6.45) is 5.36. The average molecular weight is 303 g/mol. The summed E-state index contributed by atoms with van der Waals surface area (Å²) in [6.45, 7) is 0. The first-order valence-corrected chi connectivity index (χ1v) is 7.36. The van der Waals surface area contributed by atoms with Crippen molar-refractivity contribution in [1.29, 1.82) is 0 Å². The summed E-state index contributed by atoms with van der Waals surface area (Å²) < 4.78 is 0.806. The first-order chi connectivity index (χ1) is 7.63. The van der Waals surface area contributed by atoms with Gasteiger partial charge in [0.05, 0.1) is 0 Å². The van der Waals surface area contributed by atoms with Crippen molar-refractivity contribution in [3.63, 3.8) is 0 Å². The number of ketones is 1. The van der Waals surface area contributed by atoms with Gasteiger partial charge in [-0.15, -0.1) is 0 Å². The molecule has 0 aromatic carbocycles. The predicted octanol–water partition coefficient (Wildman–Crippen LogP) is 3.78. The largest absolute Gasteiger partial charge is 0.382 e. The van der Waals surface area contributed by atoms with E-state index in [0.717, 1.165) is 30.2 Å². The predicted molar refractivity (Wildman–Crippen MR) is 69.0 cm³/mol. The minimum Gasteiger partial charge on any atom is -0.382 e. The molecule has 0 bridgehead atoms. The fraction of sp³-hybridized carbons (Fsp3) is 0.583. The molecule has 0 aliphatic heterocycles. The van der Waals surface area contributed by atoms with E-state index < -0.39 is 5.60 Å². The van der Waals surface area contributed by atoms with Crippen LogP contribution >= 0.6 is 27.3 Å². The molecular formula is C12H15BrO2S. The molecule has 2 rings (SSSR count). The first kappa shape index (κ1) is 12.3. The fourth-order valence-electron chi connectivity index (χ4n) is 2.23. The van der Waals surface area contributed by atoms with Crippen molar-refractivity contribution in [2.24, 2.45) is 0 Å². The van der Waals surface area contributed by atoms with Crippen LogP contribution in [0.1, 0.15) is 48.9 Å². The average Bonchev–Trinajstić information content (AvgIpc) is 2.55. The van der Waals surface area contributed by atoms with Crippen molar-refractivity contribution in [3.8, 4) is 0 Å². The fourth-order valence-corrected chi connectivity index (χ4v) is 3.69. The standard InChI is InChI=1S/C12H15BrO2S/c13-10-8-16-7-9(10)11(14)12(15)5-3-1-2-4-6-12/h7-8,15H,1-6H2. The number of carbonyl (C=O) groups is 1. The smallest absolute Gasteiger partial charge is 0.196 e. The Bertz CT molecular complexity index is 378. The van der Waals surface area contributed by atoms with E-state index in [9.17, 15) is 9.90 Å². The summed E-state index contributed by atoms with van der Waals surface area (Å²) >= 11 is 4.84. The molecule has 1 aliphatic carbocycles. The van der Waals surface area contributed by atoms with Crippen LogP contribution in [0.25, 0.3) is 0 Å². The second-order valence-electron chi connectivity index (χ2n) is 4.41. The first-order valence-electron chi connectivity index (χ1n) is 5.62. The lowest BCUT2D eigenvalue weighted by molar-refractivity contribution is 0.0238. The number of rotatable bonds is 2. The summed E-state index contributed by atoms with van der Waals surface area (Å²) in [7, 11) is 0. The van der Waals surface area contributed by atoms with Gasteiger partial charge in [-0.2, -0.15) is 11.3 Å². The van der Waals surface area contributed by atoms with E-state index in [1.165, 1.54) is 11.3 Å². The third-order valence-electron chi connectivity index (χ3n) is 3.21. The number of halogens is 1. The summed E-state index contributed by atoms with van der Waals surface area (Å²) in [6, 6.07) is 0. The van der Waals surface area contributed by atoms with Crippen molar-refractivity contribution in [1.82, 2.24) is 0 Å². The van der Waals surface area contributed by atoms with Crippen molar-refractivity contribution in [2.45, 2.75) is 44.1 Å². The van der Waals surface area contributed by atoms with Gasteiger partial charge >= 0.3 is 0 Å². The molecule has 88 valence electrons. The Morgan fingerprint density at radius 3 is 2.38 bits per heavy atom. The molecule has 1 aliphatic rings. The van der Waals surface area contributed by atoms with E-state index in [1.54, 1.807) is 0 Å². The molecule has 0 saturated heterocycles. The highest BCUT2D eigenvalue weighted by Gasteiger charge is 2.37. The van der Waals surface area contributed by atoms with Gasteiger partial charge in [0.15, 0.2) is 5.78 Å². The Morgan fingerprint density at radius 1 is 1.25 bits per heavy atom. The SMILES string of the molecule is O=C(c1cscc1Br)C1(O)CCCCCC1. The summed E-state index contributed by atoms with van der Waals surface area (Å²) in [4.78, 5) is 12.3. The minimum absolute atomic E-state index is 0.109. The number of Topliss-reactive ketones (excluding diaryl/α,β-unsaturated/α-hetero) is 1. The zero-order valence-corrected chi connectivity index (χ0v) is 11.4. The van der Waals surface area contributed by atoms with Gasteiger partial charge in [0, 0.05) is 20.8 Å². The Hall–Kier alpha value is -0.190. The maximum absolute atomic E-state index is 12.3. The minimum atomic E-state index is -1.12. The van der Waals surface area contributed by atoms with Gasteiger partial charge < -0.3 is 5.11 Å². The van der Waals surface area contributed by atoms with Gasteiger partial charge in [-0.05, 0) is 28.8 Å². The van der Waals surface area contributed by atoms with E-state index in [0.29, 0.717) is 18.4 Å². The van der Waals surface area contributed by atoms with Crippen LogP contribution in [0.4, 0.5) is 0 Å². The number of aliphatic hydroxyl groups is 1. The van der Waals surface area contributed by atoms with Crippen LogP contribution in [-0.2, 0) is 0 Å². The van der Waals surface area contributed by atoms with Gasteiger partial charge in [-0.3, -0.25) is 4.79 Å². The molecule has 0 unspecified atom stereocenters. The van der Waals surface area contributed by atoms with Crippen molar-refractivity contribution < 1.29 is 9.90 Å². The monoisotopic (exact) mass is 302 g/mol. The molecule has 0 radical (unpaired) electrons. The number of thiophene rings is 1. The normalized spacial score (nSPS) is 20.4. The topological polar surface area (TPSA) is 37.3 Å². The van der Waals surface area contributed by atoms with Gasteiger partial charge in [0.25, 0.3) is 0 Å². The van der Waals surface area contributed by atoms with Crippen LogP contribution in [0.3, 0.4) is 0 Å². The summed E-state index contributed by atoms with van der Waals surface area (Å²) in [5.74, 6) is -0.109. The van der Waals surface area contributed by atoms with Crippen LogP contribution in [0.15, 0.2) is 15.2 Å². The lowest BCUT2D eigenvalue weighted by Gasteiger charge is -2.24. The molecule has 0 atom stereocenters. The number of hydrogen-bond donors (Lipinski definition) is 1. The number of carbonyl (C=O) groups excluding carboxylic acids is 1. The third kappa shape index (κ3) is 2.39. The molecule has 1 saturated carbocycles. The molecule has 16 heavy (non-hydrogen) atoms. The zero-order valence-electron chi connectivity index (χ0n) is 9.04. The second-order valence-corrected chi connectivity index (χ2v) is 6.01. The van der Waals surface area contributed by atoms with Crippen molar-refractivity contribution in [2.75, 3.05) is 0 Å². The van der Waals surface area contributed by atoms with Crippen LogP contribution in [0.2, 0.25) is 0 Å². The van der Waals surface area contributed by atoms with Crippen LogP contribution in [-0.4, -0.2) is 16.5 Å².